The summed E-state index contributed by atoms with van der Waals surface area (Å²) in [6.45, 7) is 0.384. The highest BCUT2D eigenvalue weighted by Gasteiger charge is 2.25. The zero-order chi connectivity index (χ0) is 24.1. The standard InChI is InChI=1S/C23H20BrN5O5/c1-32-17-7-5-14(12-19(17)33-2)9-11-26-22-21(29(30)31)23(28-13-27-22)34-18-8-6-16(24)15-4-3-10-25-20(15)18/h3-8,10,12-13H,9,11H2,1-2H3,(H,26,27,28). The second-order valence-electron chi connectivity index (χ2n) is 7.05. The van der Waals surface area contributed by atoms with E-state index in [2.05, 4.69) is 36.2 Å². The predicted molar refractivity (Wildman–Crippen MR) is 130 cm³/mol. The number of rotatable bonds is 9. The molecule has 11 heteroatoms. The Hall–Kier alpha value is -3.99. The average molecular weight is 526 g/mol. The first kappa shape index (κ1) is 23.2. The van der Waals surface area contributed by atoms with Crippen molar-refractivity contribution in [1.29, 1.82) is 0 Å². The van der Waals surface area contributed by atoms with Crippen molar-refractivity contribution in [1.82, 2.24) is 15.0 Å². The van der Waals surface area contributed by atoms with Crippen molar-refractivity contribution in [3.05, 3.63) is 75.1 Å². The molecule has 0 aliphatic heterocycles. The molecule has 0 amide bonds. The summed E-state index contributed by atoms with van der Waals surface area (Å²) in [5, 5.41) is 15.7. The van der Waals surface area contributed by atoms with Crippen LogP contribution in [0.25, 0.3) is 10.9 Å². The Morgan fingerprint density at radius 1 is 1.03 bits per heavy atom. The summed E-state index contributed by atoms with van der Waals surface area (Å²) in [5.74, 6) is 1.46. The van der Waals surface area contributed by atoms with E-state index < -0.39 is 4.92 Å². The van der Waals surface area contributed by atoms with Crippen LogP contribution in [0, 0.1) is 10.1 Å². The largest absolute Gasteiger partial charge is 0.493 e. The number of hydrogen-bond acceptors (Lipinski definition) is 9. The predicted octanol–water partition coefficient (Wildman–Crippen LogP) is 5.16. The van der Waals surface area contributed by atoms with E-state index in [-0.39, 0.29) is 17.4 Å². The van der Waals surface area contributed by atoms with E-state index in [1.807, 2.05) is 24.3 Å². The van der Waals surface area contributed by atoms with Gasteiger partial charge in [0.1, 0.15) is 11.8 Å². The molecule has 0 aliphatic carbocycles. The number of pyridine rings is 1. The highest BCUT2D eigenvalue weighted by Crippen LogP contribution is 2.37. The third-order valence-corrected chi connectivity index (χ3v) is 5.70. The number of aromatic nitrogens is 3. The molecule has 0 atom stereocenters. The lowest BCUT2D eigenvalue weighted by Gasteiger charge is -2.12. The van der Waals surface area contributed by atoms with Gasteiger partial charge in [-0.15, -0.1) is 0 Å². The molecule has 0 bridgehead atoms. The van der Waals surface area contributed by atoms with Gasteiger partial charge in [0.05, 0.1) is 19.1 Å². The van der Waals surface area contributed by atoms with Crippen molar-refractivity contribution in [2.24, 2.45) is 0 Å². The van der Waals surface area contributed by atoms with Crippen LogP contribution in [0.1, 0.15) is 5.56 Å². The van der Waals surface area contributed by atoms with Gasteiger partial charge in [-0.3, -0.25) is 15.1 Å². The molecule has 1 N–H and O–H groups in total. The number of halogens is 1. The fraction of sp³-hybridized carbons (Fsp3) is 0.174. The highest BCUT2D eigenvalue weighted by atomic mass is 79.9. The Morgan fingerprint density at radius 3 is 2.59 bits per heavy atom. The van der Waals surface area contributed by atoms with Crippen molar-refractivity contribution in [2.45, 2.75) is 6.42 Å². The van der Waals surface area contributed by atoms with E-state index in [9.17, 15) is 10.1 Å². The third-order valence-electron chi connectivity index (χ3n) is 5.01. The molecule has 0 unspecified atom stereocenters. The number of hydrogen-bond donors (Lipinski definition) is 1. The molecule has 4 rings (SSSR count). The lowest BCUT2D eigenvalue weighted by Crippen LogP contribution is -2.10. The second kappa shape index (κ2) is 10.3. The van der Waals surface area contributed by atoms with Gasteiger partial charge in [0.2, 0.25) is 5.82 Å². The van der Waals surface area contributed by atoms with Crippen molar-refractivity contribution < 1.29 is 19.1 Å². The van der Waals surface area contributed by atoms with Crippen LogP contribution in [0.15, 0.2) is 59.5 Å². The van der Waals surface area contributed by atoms with Crippen LogP contribution in [0.4, 0.5) is 11.5 Å². The summed E-state index contributed by atoms with van der Waals surface area (Å²) in [4.78, 5) is 23.7. The monoisotopic (exact) mass is 525 g/mol. The first-order valence-corrected chi connectivity index (χ1v) is 11.0. The van der Waals surface area contributed by atoms with Gasteiger partial charge in [0.25, 0.3) is 0 Å². The Bertz CT molecular complexity index is 1350. The normalized spacial score (nSPS) is 10.7. The number of nitrogens with one attached hydrogen (secondary N) is 1. The molecule has 34 heavy (non-hydrogen) atoms. The maximum Gasteiger partial charge on any atom is 0.373 e. The van der Waals surface area contributed by atoms with Gasteiger partial charge in [-0.1, -0.05) is 28.1 Å². The Morgan fingerprint density at radius 2 is 1.82 bits per heavy atom. The van der Waals surface area contributed by atoms with Crippen LogP contribution in [-0.4, -0.2) is 40.6 Å². The van der Waals surface area contributed by atoms with E-state index in [0.717, 1.165) is 15.4 Å². The van der Waals surface area contributed by atoms with Crippen LogP contribution in [0.3, 0.4) is 0 Å². The van der Waals surface area contributed by atoms with E-state index in [1.165, 1.54) is 6.33 Å². The minimum Gasteiger partial charge on any atom is -0.493 e. The van der Waals surface area contributed by atoms with Crippen molar-refractivity contribution >= 4 is 38.3 Å². The average Bonchev–Trinajstić information content (AvgIpc) is 2.85. The van der Waals surface area contributed by atoms with Gasteiger partial charge in [-0.2, -0.15) is 4.98 Å². The molecular formula is C23H20BrN5O5. The number of fused-ring (bicyclic) bond motifs is 1. The molecule has 0 fully saturated rings. The highest BCUT2D eigenvalue weighted by molar-refractivity contribution is 9.10. The van der Waals surface area contributed by atoms with Crippen LogP contribution < -0.4 is 19.5 Å². The third kappa shape index (κ3) is 4.84. The number of nitro groups is 1. The quantitative estimate of drug-likeness (QED) is 0.233. The Labute approximate surface area is 203 Å². The van der Waals surface area contributed by atoms with Crippen LogP contribution in [-0.2, 0) is 6.42 Å². The SMILES string of the molecule is COc1ccc(CCNc2ncnc(Oc3ccc(Br)c4cccnc34)c2[N+](=O)[O-])cc1OC. The molecule has 2 heterocycles. The van der Waals surface area contributed by atoms with Crippen LogP contribution >= 0.6 is 15.9 Å². The molecule has 0 aliphatic rings. The smallest absolute Gasteiger partial charge is 0.373 e. The van der Waals surface area contributed by atoms with Crippen LogP contribution in [0.5, 0.6) is 23.1 Å². The van der Waals surface area contributed by atoms with Gasteiger partial charge < -0.3 is 19.5 Å². The minimum absolute atomic E-state index is 0.0600. The molecule has 2 aromatic heterocycles. The van der Waals surface area contributed by atoms with Gasteiger partial charge >= 0.3 is 11.6 Å². The lowest BCUT2D eigenvalue weighted by molar-refractivity contribution is -0.385. The molecular weight excluding hydrogens is 506 g/mol. The van der Waals surface area contributed by atoms with Crippen molar-refractivity contribution in [2.75, 3.05) is 26.1 Å². The minimum atomic E-state index is -0.567. The fourth-order valence-electron chi connectivity index (χ4n) is 3.39. The van der Waals surface area contributed by atoms with Gasteiger partial charge in [0.15, 0.2) is 17.2 Å². The summed E-state index contributed by atoms with van der Waals surface area (Å²) >= 11 is 3.48. The van der Waals surface area contributed by atoms with Gasteiger partial charge in [0, 0.05) is 22.6 Å². The summed E-state index contributed by atoms with van der Waals surface area (Å²) in [6, 6.07) is 12.7. The van der Waals surface area contributed by atoms with Crippen molar-refractivity contribution in [3.63, 3.8) is 0 Å². The fourth-order valence-corrected chi connectivity index (χ4v) is 3.84. The number of methoxy groups -OCH3 is 2. The molecule has 174 valence electrons. The maximum absolute atomic E-state index is 11.9. The Kier molecular flexibility index (Phi) is 7.02. The van der Waals surface area contributed by atoms with E-state index >= 15 is 0 Å². The van der Waals surface area contributed by atoms with E-state index in [0.29, 0.717) is 35.7 Å². The van der Waals surface area contributed by atoms with E-state index in [1.54, 1.807) is 38.6 Å². The number of nitrogens with zero attached hydrogens (tertiary/aromatic N) is 4. The molecule has 10 nitrogen and oxygen atoms in total. The molecule has 0 saturated carbocycles. The van der Waals surface area contributed by atoms with E-state index in [4.69, 9.17) is 14.2 Å². The first-order chi connectivity index (χ1) is 16.5. The summed E-state index contributed by atoms with van der Waals surface area (Å²) in [7, 11) is 3.13. The topological polar surface area (TPSA) is 122 Å². The summed E-state index contributed by atoms with van der Waals surface area (Å²) in [5.41, 5.74) is 1.15. The lowest BCUT2D eigenvalue weighted by atomic mass is 10.1. The molecule has 0 saturated heterocycles. The van der Waals surface area contributed by atoms with Crippen molar-refractivity contribution in [3.8, 4) is 23.1 Å². The van der Waals surface area contributed by atoms with Gasteiger partial charge in [-0.05, 0) is 42.3 Å². The summed E-state index contributed by atoms with van der Waals surface area (Å²) < 4.78 is 17.3. The van der Waals surface area contributed by atoms with Crippen LogP contribution in [0.2, 0.25) is 0 Å². The first-order valence-electron chi connectivity index (χ1n) is 10.2. The summed E-state index contributed by atoms with van der Waals surface area (Å²) in [6.07, 6.45) is 3.41. The maximum atomic E-state index is 11.9. The van der Waals surface area contributed by atoms with Gasteiger partial charge in [-0.25, -0.2) is 4.98 Å². The number of benzene rings is 2. The molecule has 2 aromatic carbocycles. The number of anilines is 1. The Balaban J connectivity index is 1.57. The number of ether oxygens (including phenoxy) is 3. The second-order valence-corrected chi connectivity index (χ2v) is 7.90. The zero-order valence-electron chi connectivity index (χ0n) is 18.3. The molecule has 4 aromatic rings. The molecule has 0 spiro atoms. The zero-order valence-corrected chi connectivity index (χ0v) is 19.9. The molecule has 0 radical (unpaired) electrons.